The number of aryl methyl sites for hydroxylation is 1. The van der Waals surface area contributed by atoms with E-state index in [0.29, 0.717) is 11.8 Å². The van der Waals surface area contributed by atoms with Crippen LogP contribution in [0.1, 0.15) is 67.0 Å². The molecule has 3 aliphatic rings. The third-order valence-corrected chi connectivity index (χ3v) is 6.04. The molecule has 5 heteroatoms. The Balaban J connectivity index is 1.07. The fourth-order valence-electron chi connectivity index (χ4n) is 4.32. The minimum atomic E-state index is -0.0108. The van der Waals surface area contributed by atoms with Crippen molar-refractivity contribution in [3.8, 4) is 0 Å². The Hall–Kier alpha value is -1.72. The molecule has 1 N–H and O–H groups in total. The summed E-state index contributed by atoms with van der Waals surface area (Å²) in [6.45, 7) is 1.99. The SMILES string of the molecule is c1ccc2c(c1)CCC(CNC[C@@H]1CC[C@H](c3nc(C4CC4)no3)O1)C2. The minimum absolute atomic E-state index is 0.0108. The predicted octanol–water partition coefficient (Wildman–Crippen LogP) is 3.56. The number of benzene rings is 1. The van der Waals surface area contributed by atoms with Gasteiger partial charge in [0.15, 0.2) is 5.82 Å². The molecule has 1 unspecified atom stereocenters. The van der Waals surface area contributed by atoms with Crippen LogP contribution in [0.5, 0.6) is 0 Å². The molecule has 2 aromatic rings. The van der Waals surface area contributed by atoms with Gasteiger partial charge in [0, 0.05) is 12.5 Å². The summed E-state index contributed by atoms with van der Waals surface area (Å²) in [5.41, 5.74) is 3.07. The second kappa shape index (κ2) is 7.12. The number of fused-ring (bicyclic) bond motifs is 1. The average Bonchev–Trinajstić information content (AvgIpc) is 3.22. The number of hydrogen-bond donors (Lipinski definition) is 1. The molecule has 2 heterocycles. The minimum Gasteiger partial charge on any atom is -0.364 e. The van der Waals surface area contributed by atoms with Gasteiger partial charge in [0.25, 0.3) is 5.89 Å². The van der Waals surface area contributed by atoms with Gasteiger partial charge in [-0.2, -0.15) is 4.98 Å². The van der Waals surface area contributed by atoms with Crippen LogP contribution in [-0.2, 0) is 17.6 Å². The largest absolute Gasteiger partial charge is 0.364 e. The van der Waals surface area contributed by atoms with Crippen LogP contribution in [0.4, 0.5) is 0 Å². The summed E-state index contributed by atoms with van der Waals surface area (Å²) in [5, 5.41) is 7.75. The first-order valence-corrected chi connectivity index (χ1v) is 10.1. The summed E-state index contributed by atoms with van der Waals surface area (Å²) in [7, 11) is 0. The Morgan fingerprint density at radius 1 is 1.00 bits per heavy atom. The second-order valence-corrected chi connectivity index (χ2v) is 8.12. The fraction of sp³-hybridized carbons (Fsp3) is 0.619. The maximum atomic E-state index is 6.15. The smallest absolute Gasteiger partial charge is 0.255 e. The van der Waals surface area contributed by atoms with Gasteiger partial charge >= 0.3 is 0 Å². The fourth-order valence-corrected chi connectivity index (χ4v) is 4.32. The summed E-state index contributed by atoms with van der Waals surface area (Å²) in [6, 6.07) is 8.87. The van der Waals surface area contributed by atoms with Gasteiger partial charge in [-0.3, -0.25) is 0 Å². The molecule has 0 radical (unpaired) electrons. The molecule has 2 fully saturated rings. The maximum absolute atomic E-state index is 6.15. The molecule has 138 valence electrons. The third-order valence-electron chi connectivity index (χ3n) is 6.04. The summed E-state index contributed by atoms with van der Waals surface area (Å²) >= 11 is 0. The Morgan fingerprint density at radius 2 is 1.88 bits per heavy atom. The van der Waals surface area contributed by atoms with Crippen LogP contribution in [0.2, 0.25) is 0 Å². The van der Waals surface area contributed by atoms with Gasteiger partial charge in [-0.25, -0.2) is 0 Å². The average molecular weight is 353 g/mol. The van der Waals surface area contributed by atoms with E-state index in [2.05, 4.69) is 39.7 Å². The molecule has 3 atom stereocenters. The highest BCUT2D eigenvalue weighted by Crippen LogP contribution is 2.39. The zero-order valence-electron chi connectivity index (χ0n) is 15.2. The lowest BCUT2D eigenvalue weighted by Crippen LogP contribution is -2.32. The van der Waals surface area contributed by atoms with Crippen molar-refractivity contribution in [2.75, 3.05) is 13.1 Å². The Bertz CT molecular complexity index is 755. The van der Waals surface area contributed by atoms with E-state index in [1.54, 1.807) is 0 Å². The van der Waals surface area contributed by atoms with Crippen molar-refractivity contribution in [3.05, 3.63) is 47.1 Å². The topological polar surface area (TPSA) is 60.2 Å². The van der Waals surface area contributed by atoms with Crippen molar-refractivity contribution >= 4 is 0 Å². The van der Waals surface area contributed by atoms with Gasteiger partial charge in [0.2, 0.25) is 0 Å². The van der Waals surface area contributed by atoms with Crippen LogP contribution < -0.4 is 5.32 Å². The van der Waals surface area contributed by atoms with Gasteiger partial charge in [-0.05, 0) is 68.5 Å². The summed E-state index contributed by atoms with van der Waals surface area (Å²) in [4.78, 5) is 4.54. The lowest BCUT2D eigenvalue weighted by Gasteiger charge is -2.25. The lowest BCUT2D eigenvalue weighted by atomic mass is 9.84. The van der Waals surface area contributed by atoms with E-state index < -0.39 is 0 Å². The number of hydrogen-bond acceptors (Lipinski definition) is 5. The first kappa shape index (κ1) is 16.5. The van der Waals surface area contributed by atoms with E-state index in [1.165, 1.54) is 43.2 Å². The normalized spacial score (nSPS) is 28.2. The Kier molecular flexibility index (Phi) is 4.51. The van der Waals surface area contributed by atoms with Crippen LogP contribution in [-0.4, -0.2) is 29.3 Å². The van der Waals surface area contributed by atoms with Crippen LogP contribution in [0.3, 0.4) is 0 Å². The van der Waals surface area contributed by atoms with Gasteiger partial charge in [0.1, 0.15) is 6.10 Å². The van der Waals surface area contributed by atoms with Crippen molar-refractivity contribution < 1.29 is 9.26 Å². The number of aromatic nitrogens is 2. The van der Waals surface area contributed by atoms with Gasteiger partial charge in [-0.15, -0.1) is 0 Å². The van der Waals surface area contributed by atoms with Gasteiger partial charge in [-0.1, -0.05) is 29.4 Å². The molecule has 1 aromatic heterocycles. The van der Waals surface area contributed by atoms with Crippen LogP contribution >= 0.6 is 0 Å². The molecular formula is C21H27N3O2. The van der Waals surface area contributed by atoms with Crippen LogP contribution in [0.25, 0.3) is 0 Å². The molecular weight excluding hydrogens is 326 g/mol. The highest BCUT2D eigenvalue weighted by Gasteiger charge is 2.34. The number of ether oxygens (including phenoxy) is 1. The zero-order valence-corrected chi connectivity index (χ0v) is 15.2. The molecule has 0 spiro atoms. The molecule has 1 aromatic carbocycles. The number of nitrogens with zero attached hydrogens (tertiary/aromatic N) is 2. The predicted molar refractivity (Wildman–Crippen MR) is 97.9 cm³/mol. The maximum Gasteiger partial charge on any atom is 0.255 e. The highest BCUT2D eigenvalue weighted by molar-refractivity contribution is 5.29. The summed E-state index contributed by atoms with van der Waals surface area (Å²) in [5.74, 6) is 2.83. The molecule has 1 saturated heterocycles. The van der Waals surface area contributed by atoms with Crippen molar-refractivity contribution in [3.63, 3.8) is 0 Å². The molecule has 0 bridgehead atoms. The molecule has 26 heavy (non-hydrogen) atoms. The standard InChI is InChI=1S/C21H27N3O2/c1-2-4-17-11-14(5-6-15(17)3-1)12-22-13-18-9-10-19(25-18)21-23-20(24-26-21)16-7-8-16/h1-4,14,16,18-19,22H,5-13H2/t14?,18-,19+/m0/s1. The van der Waals surface area contributed by atoms with Gasteiger partial charge < -0.3 is 14.6 Å². The first-order chi connectivity index (χ1) is 12.8. The molecule has 1 saturated carbocycles. The summed E-state index contributed by atoms with van der Waals surface area (Å²) in [6.07, 6.45) is 8.38. The monoisotopic (exact) mass is 353 g/mol. The van der Waals surface area contributed by atoms with E-state index >= 15 is 0 Å². The first-order valence-electron chi connectivity index (χ1n) is 10.1. The summed E-state index contributed by atoms with van der Waals surface area (Å²) < 4.78 is 11.6. The molecule has 2 aliphatic carbocycles. The van der Waals surface area contributed by atoms with E-state index in [0.717, 1.165) is 37.7 Å². The Morgan fingerprint density at radius 3 is 2.77 bits per heavy atom. The van der Waals surface area contributed by atoms with Crippen molar-refractivity contribution in [2.24, 2.45) is 5.92 Å². The lowest BCUT2D eigenvalue weighted by molar-refractivity contribution is 0.0261. The van der Waals surface area contributed by atoms with E-state index in [9.17, 15) is 0 Å². The molecule has 0 amide bonds. The Labute approximate surface area is 154 Å². The van der Waals surface area contributed by atoms with Crippen molar-refractivity contribution in [1.82, 2.24) is 15.5 Å². The van der Waals surface area contributed by atoms with Gasteiger partial charge in [0.05, 0.1) is 6.10 Å². The molecule has 1 aliphatic heterocycles. The van der Waals surface area contributed by atoms with E-state index in [4.69, 9.17) is 9.26 Å². The number of rotatable bonds is 6. The molecule has 5 rings (SSSR count). The van der Waals surface area contributed by atoms with E-state index in [-0.39, 0.29) is 12.2 Å². The third kappa shape index (κ3) is 3.55. The molecule has 5 nitrogen and oxygen atoms in total. The quantitative estimate of drug-likeness (QED) is 0.860. The second-order valence-electron chi connectivity index (χ2n) is 8.12. The number of nitrogens with one attached hydrogen (secondary N) is 1. The highest BCUT2D eigenvalue weighted by atomic mass is 16.5. The van der Waals surface area contributed by atoms with Crippen LogP contribution in [0.15, 0.2) is 28.8 Å². The van der Waals surface area contributed by atoms with Crippen molar-refractivity contribution in [1.29, 1.82) is 0 Å². The van der Waals surface area contributed by atoms with E-state index in [1.807, 2.05) is 0 Å². The van der Waals surface area contributed by atoms with Crippen LogP contribution in [0, 0.1) is 5.92 Å². The van der Waals surface area contributed by atoms with Crippen molar-refractivity contribution in [2.45, 2.75) is 63.1 Å². The zero-order chi connectivity index (χ0) is 17.3.